The molecular weight excluding hydrogens is 478 g/mol. The highest BCUT2D eigenvalue weighted by Gasteiger charge is 2.46. The number of esters is 1. The average Bonchev–Trinajstić information content (AvgIpc) is 3.47. The maximum Gasteiger partial charge on any atom is 0.337 e. The minimum atomic E-state index is -1.02. The number of anilines is 2. The lowest BCUT2D eigenvalue weighted by molar-refractivity contribution is -0.124. The van der Waals surface area contributed by atoms with Gasteiger partial charge in [0.2, 0.25) is 12.7 Å². The molecule has 4 amide bonds. The summed E-state index contributed by atoms with van der Waals surface area (Å²) in [6.45, 7) is 0.210. The summed E-state index contributed by atoms with van der Waals surface area (Å²) < 4.78 is 15.5. The minimum absolute atomic E-state index is 0.0936. The number of carbonyl (C=O) groups is 4. The van der Waals surface area contributed by atoms with Gasteiger partial charge >= 0.3 is 12.0 Å². The van der Waals surface area contributed by atoms with E-state index in [1.54, 1.807) is 60.7 Å². The molecule has 1 atom stereocenters. The Morgan fingerprint density at radius 2 is 1.70 bits per heavy atom. The molecule has 10 heteroatoms. The number of hydrogen-bond donors (Lipinski definition) is 1. The quantitative estimate of drug-likeness (QED) is 0.389. The van der Waals surface area contributed by atoms with Crippen LogP contribution in [-0.4, -0.2) is 48.7 Å². The van der Waals surface area contributed by atoms with Crippen LogP contribution >= 0.6 is 0 Å². The number of benzene rings is 3. The second kappa shape index (κ2) is 10.0. The number of amides is 4. The monoisotopic (exact) mass is 501 g/mol. The first-order valence-corrected chi connectivity index (χ1v) is 11.5. The summed E-state index contributed by atoms with van der Waals surface area (Å²) >= 11 is 0. The maximum absolute atomic E-state index is 13.4. The van der Waals surface area contributed by atoms with Crippen molar-refractivity contribution in [3.05, 3.63) is 83.9 Å². The maximum atomic E-state index is 13.4. The number of para-hydroxylation sites is 1. The molecule has 2 aliphatic rings. The van der Waals surface area contributed by atoms with Crippen LogP contribution in [0, 0.1) is 0 Å². The standard InChI is InChI=1S/C27H23N3O7/c1-35-26(33)18-8-10-19(11-9-18)28-24(31)14-21-25(32)30(20-5-3-2-4-6-20)27(34)29(21)15-17-7-12-22-23(13-17)37-16-36-22/h2-13,21H,14-16H2,1H3,(H,28,31). The Kier molecular flexibility index (Phi) is 6.46. The number of nitrogens with one attached hydrogen (secondary N) is 1. The number of rotatable bonds is 7. The fourth-order valence-corrected chi connectivity index (χ4v) is 4.26. The summed E-state index contributed by atoms with van der Waals surface area (Å²) in [5.74, 6) is -0.281. The van der Waals surface area contributed by atoms with Gasteiger partial charge in [-0.05, 0) is 54.1 Å². The first kappa shape index (κ1) is 23.9. The Balaban J connectivity index is 1.37. The molecule has 5 rings (SSSR count). The highest BCUT2D eigenvalue weighted by Crippen LogP contribution is 2.34. The lowest BCUT2D eigenvalue weighted by Crippen LogP contribution is -2.37. The molecule has 0 aliphatic carbocycles. The van der Waals surface area contributed by atoms with Gasteiger partial charge in [0.25, 0.3) is 5.91 Å². The van der Waals surface area contributed by atoms with E-state index in [2.05, 4.69) is 10.1 Å². The van der Waals surface area contributed by atoms with Crippen molar-refractivity contribution >= 4 is 35.2 Å². The molecule has 1 N–H and O–H groups in total. The number of nitrogens with zero attached hydrogens (tertiary/aromatic N) is 2. The number of carbonyl (C=O) groups excluding carboxylic acids is 4. The minimum Gasteiger partial charge on any atom is -0.465 e. The number of hydrogen-bond acceptors (Lipinski definition) is 7. The average molecular weight is 501 g/mol. The lowest BCUT2D eigenvalue weighted by Gasteiger charge is -2.22. The second-order valence-electron chi connectivity index (χ2n) is 8.44. The lowest BCUT2D eigenvalue weighted by atomic mass is 10.1. The molecule has 0 saturated carbocycles. The largest absolute Gasteiger partial charge is 0.465 e. The fraction of sp³-hybridized carbons (Fsp3) is 0.185. The summed E-state index contributed by atoms with van der Waals surface area (Å²) in [5, 5.41) is 2.73. The van der Waals surface area contributed by atoms with E-state index in [1.807, 2.05) is 0 Å². The number of imide groups is 1. The zero-order valence-corrected chi connectivity index (χ0v) is 19.9. The Labute approximate surface area is 212 Å². The first-order valence-electron chi connectivity index (χ1n) is 11.5. The van der Waals surface area contributed by atoms with Crippen molar-refractivity contribution in [3.63, 3.8) is 0 Å². The van der Waals surface area contributed by atoms with Gasteiger partial charge in [-0.15, -0.1) is 0 Å². The molecule has 1 saturated heterocycles. The van der Waals surface area contributed by atoms with Gasteiger partial charge in [-0.3, -0.25) is 9.59 Å². The normalized spacial score (nSPS) is 16.2. The van der Waals surface area contributed by atoms with Gasteiger partial charge in [0, 0.05) is 12.2 Å². The molecule has 3 aromatic rings. The number of methoxy groups -OCH3 is 1. The van der Waals surface area contributed by atoms with Crippen LogP contribution in [0.5, 0.6) is 11.5 Å². The highest BCUT2D eigenvalue weighted by atomic mass is 16.7. The summed E-state index contributed by atoms with van der Waals surface area (Å²) in [5.41, 5.74) is 1.93. The van der Waals surface area contributed by atoms with Crippen molar-refractivity contribution in [3.8, 4) is 11.5 Å². The SMILES string of the molecule is COC(=O)c1ccc(NC(=O)CC2C(=O)N(c3ccccc3)C(=O)N2Cc2ccc3c(c2)OCO3)cc1. The topological polar surface area (TPSA) is 114 Å². The Hall–Kier alpha value is -4.86. The zero-order valence-electron chi connectivity index (χ0n) is 19.9. The molecule has 0 aromatic heterocycles. The first-order chi connectivity index (χ1) is 17.9. The molecule has 1 fully saturated rings. The second-order valence-corrected chi connectivity index (χ2v) is 8.44. The Morgan fingerprint density at radius 1 is 0.973 bits per heavy atom. The molecule has 0 radical (unpaired) electrons. The van der Waals surface area contributed by atoms with Crippen molar-refractivity contribution in [2.24, 2.45) is 0 Å². The third-order valence-electron chi connectivity index (χ3n) is 6.09. The predicted octanol–water partition coefficient (Wildman–Crippen LogP) is 3.57. The van der Waals surface area contributed by atoms with Crippen LogP contribution < -0.4 is 19.7 Å². The number of ether oxygens (including phenoxy) is 3. The molecular formula is C27H23N3O7. The van der Waals surface area contributed by atoms with Gasteiger partial charge in [0.05, 0.1) is 24.8 Å². The van der Waals surface area contributed by atoms with E-state index in [4.69, 9.17) is 9.47 Å². The van der Waals surface area contributed by atoms with Crippen LogP contribution in [0.4, 0.5) is 16.2 Å². The van der Waals surface area contributed by atoms with Crippen LogP contribution in [-0.2, 0) is 20.9 Å². The summed E-state index contributed by atoms with van der Waals surface area (Å²) in [6, 6.07) is 18.5. The third-order valence-corrected chi connectivity index (χ3v) is 6.09. The van der Waals surface area contributed by atoms with Crippen molar-refractivity contribution in [2.75, 3.05) is 24.1 Å². The van der Waals surface area contributed by atoms with Crippen LogP contribution in [0.25, 0.3) is 0 Å². The molecule has 1 unspecified atom stereocenters. The predicted molar refractivity (Wildman–Crippen MR) is 132 cm³/mol. The van der Waals surface area contributed by atoms with Gasteiger partial charge in [-0.2, -0.15) is 0 Å². The molecule has 2 aliphatic heterocycles. The molecule has 188 valence electrons. The van der Waals surface area contributed by atoms with Crippen LogP contribution in [0.15, 0.2) is 72.8 Å². The fourth-order valence-electron chi connectivity index (χ4n) is 4.26. The third kappa shape index (κ3) is 4.81. The molecule has 0 spiro atoms. The molecule has 37 heavy (non-hydrogen) atoms. The molecule has 2 heterocycles. The van der Waals surface area contributed by atoms with Crippen LogP contribution in [0.3, 0.4) is 0 Å². The van der Waals surface area contributed by atoms with Gasteiger partial charge < -0.3 is 24.4 Å². The molecule has 0 bridgehead atoms. The summed E-state index contributed by atoms with van der Waals surface area (Å²) in [6.07, 6.45) is -0.253. The van der Waals surface area contributed by atoms with Gasteiger partial charge in [-0.25, -0.2) is 14.5 Å². The van der Waals surface area contributed by atoms with E-state index < -0.39 is 29.9 Å². The van der Waals surface area contributed by atoms with Crippen molar-refractivity contribution in [1.82, 2.24) is 4.90 Å². The highest BCUT2D eigenvalue weighted by molar-refractivity contribution is 6.22. The smallest absolute Gasteiger partial charge is 0.337 e. The van der Waals surface area contributed by atoms with Crippen molar-refractivity contribution < 1.29 is 33.4 Å². The van der Waals surface area contributed by atoms with Gasteiger partial charge in [0.15, 0.2) is 11.5 Å². The van der Waals surface area contributed by atoms with E-state index in [9.17, 15) is 19.2 Å². The van der Waals surface area contributed by atoms with Crippen molar-refractivity contribution in [2.45, 2.75) is 19.0 Å². The van der Waals surface area contributed by atoms with E-state index >= 15 is 0 Å². The van der Waals surface area contributed by atoms with Gasteiger partial charge in [-0.1, -0.05) is 24.3 Å². The van der Waals surface area contributed by atoms with Gasteiger partial charge in [0.1, 0.15) is 6.04 Å². The van der Waals surface area contributed by atoms with E-state index in [1.165, 1.54) is 24.1 Å². The Morgan fingerprint density at radius 3 is 2.43 bits per heavy atom. The molecule has 3 aromatic carbocycles. The van der Waals surface area contributed by atoms with Crippen LogP contribution in [0.2, 0.25) is 0 Å². The van der Waals surface area contributed by atoms with Crippen molar-refractivity contribution in [1.29, 1.82) is 0 Å². The summed E-state index contributed by atoms with van der Waals surface area (Å²) in [7, 11) is 1.28. The molecule has 10 nitrogen and oxygen atoms in total. The zero-order chi connectivity index (χ0) is 25.9. The Bertz CT molecular complexity index is 1360. The van der Waals surface area contributed by atoms with E-state index in [0.717, 1.165) is 10.5 Å². The van der Waals surface area contributed by atoms with Crippen LogP contribution in [0.1, 0.15) is 22.3 Å². The van der Waals surface area contributed by atoms with E-state index in [0.29, 0.717) is 28.4 Å². The van der Waals surface area contributed by atoms with E-state index in [-0.39, 0.29) is 19.8 Å². The summed E-state index contributed by atoms with van der Waals surface area (Å²) in [4.78, 5) is 53.9. The number of urea groups is 1. The number of fused-ring (bicyclic) bond motifs is 1.